The highest BCUT2D eigenvalue weighted by Gasteiger charge is 2.15. The third-order valence-electron chi connectivity index (χ3n) is 3.39. The summed E-state index contributed by atoms with van der Waals surface area (Å²) in [4.78, 5) is 2.41. The maximum atomic E-state index is 5.39. The normalized spacial score (nSPS) is 17.6. The Hall–Kier alpha value is -0.900. The average molecular weight is 235 g/mol. The monoisotopic (exact) mass is 235 g/mol. The molecule has 0 atom stereocenters. The smallest absolute Gasteiger partial charge is 0.127 e. The quantitative estimate of drug-likeness (QED) is 0.857. The zero-order chi connectivity index (χ0) is 12.1. The molecule has 94 valence electrons. The number of quaternary nitrogens is 1. The van der Waals surface area contributed by atoms with Crippen LogP contribution in [0.2, 0.25) is 0 Å². The van der Waals surface area contributed by atoms with Gasteiger partial charge in [0.25, 0.3) is 0 Å². The second-order valence-corrected chi connectivity index (χ2v) is 5.07. The molecular formula is C14H23N2O+. The third kappa shape index (κ3) is 4.11. The maximum Gasteiger partial charge on any atom is 0.127 e. The maximum absolute atomic E-state index is 5.39. The van der Waals surface area contributed by atoms with Crippen molar-refractivity contribution >= 4 is 5.69 Å². The molecule has 0 aliphatic carbocycles. The molecule has 3 nitrogen and oxygen atoms in total. The molecule has 0 spiro atoms. The van der Waals surface area contributed by atoms with Gasteiger partial charge in [-0.1, -0.05) is 12.1 Å². The predicted molar refractivity (Wildman–Crippen MR) is 68.9 cm³/mol. The molecule has 0 unspecified atom stereocenters. The molecule has 0 amide bonds. The molecule has 2 rings (SSSR count). The van der Waals surface area contributed by atoms with E-state index in [1.54, 1.807) is 0 Å². The first-order valence-electron chi connectivity index (χ1n) is 6.41. The Kier molecular flexibility index (Phi) is 4.54. The topological polar surface area (TPSA) is 40.1 Å². The van der Waals surface area contributed by atoms with Crippen molar-refractivity contribution in [3.63, 3.8) is 0 Å². The molecule has 0 bridgehead atoms. The fourth-order valence-corrected chi connectivity index (χ4v) is 2.39. The van der Waals surface area contributed by atoms with E-state index in [4.69, 9.17) is 4.74 Å². The highest BCUT2D eigenvalue weighted by atomic mass is 16.5. The Bertz CT molecular complexity index is 331. The summed E-state index contributed by atoms with van der Waals surface area (Å²) < 4.78 is 5.39. The first-order valence-corrected chi connectivity index (χ1v) is 6.41. The fourth-order valence-electron chi connectivity index (χ4n) is 2.39. The van der Waals surface area contributed by atoms with E-state index in [0.717, 1.165) is 31.4 Å². The van der Waals surface area contributed by atoms with Crippen LogP contribution in [0.15, 0.2) is 24.3 Å². The van der Waals surface area contributed by atoms with Crippen LogP contribution in [-0.4, -0.2) is 31.7 Å². The van der Waals surface area contributed by atoms with Crippen molar-refractivity contribution in [3.05, 3.63) is 29.8 Å². The lowest BCUT2D eigenvalue weighted by atomic mass is 10.00. The van der Waals surface area contributed by atoms with Crippen LogP contribution in [0.5, 0.6) is 0 Å². The standard InChI is InChI=1S/C14H22N2O/c1-16(11-13-6-8-17-9-7-13)10-12-2-4-14(15)5-3-12/h2-5,13H,6-11,15H2,1H3/p+1. The molecule has 1 aliphatic rings. The third-order valence-corrected chi connectivity index (χ3v) is 3.39. The summed E-state index contributed by atoms with van der Waals surface area (Å²) in [5.74, 6) is 0.806. The summed E-state index contributed by atoms with van der Waals surface area (Å²) in [6.45, 7) is 4.08. The predicted octanol–water partition coefficient (Wildman–Crippen LogP) is 1.42. The zero-order valence-corrected chi connectivity index (χ0v) is 10.7. The molecule has 0 saturated carbocycles. The van der Waals surface area contributed by atoms with Gasteiger partial charge in [0, 0.05) is 26.3 Å². The SMILES string of the molecule is CN(Cc1ccc([NH3+])cc1)CC1CCOCC1. The minimum Gasteiger partial charge on any atom is -0.381 e. The van der Waals surface area contributed by atoms with Crippen LogP contribution in [0.25, 0.3) is 0 Å². The first-order chi connectivity index (χ1) is 8.24. The van der Waals surface area contributed by atoms with Gasteiger partial charge in [-0.15, -0.1) is 0 Å². The molecule has 0 aromatic heterocycles. The molecule has 1 fully saturated rings. The molecule has 3 N–H and O–H groups in total. The van der Waals surface area contributed by atoms with Crippen molar-refractivity contribution in [2.45, 2.75) is 19.4 Å². The van der Waals surface area contributed by atoms with E-state index >= 15 is 0 Å². The first kappa shape index (κ1) is 12.6. The van der Waals surface area contributed by atoms with Crippen molar-refractivity contribution in [2.24, 2.45) is 5.92 Å². The number of benzene rings is 1. The van der Waals surface area contributed by atoms with Gasteiger partial charge in [-0.05, 0) is 43.5 Å². The van der Waals surface area contributed by atoms with Crippen molar-refractivity contribution in [2.75, 3.05) is 26.8 Å². The second kappa shape index (κ2) is 6.15. The van der Waals surface area contributed by atoms with Crippen LogP contribution >= 0.6 is 0 Å². The molecular weight excluding hydrogens is 212 g/mol. The van der Waals surface area contributed by atoms with E-state index in [1.165, 1.54) is 24.9 Å². The van der Waals surface area contributed by atoms with Gasteiger partial charge in [0.2, 0.25) is 0 Å². The van der Waals surface area contributed by atoms with E-state index < -0.39 is 0 Å². The van der Waals surface area contributed by atoms with Crippen LogP contribution in [0.1, 0.15) is 18.4 Å². The van der Waals surface area contributed by atoms with E-state index in [2.05, 4.69) is 41.9 Å². The summed E-state index contributed by atoms with van der Waals surface area (Å²) in [6, 6.07) is 8.50. The minimum absolute atomic E-state index is 0.806. The van der Waals surface area contributed by atoms with Crippen molar-refractivity contribution in [1.29, 1.82) is 0 Å². The Balaban J connectivity index is 1.79. The number of hydrogen-bond donors (Lipinski definition) is 1. The lowest BCUT2D eigenvalue weighted by Crippen LogP contribution is -2.39. The zero-order valence-electron chi connectivity index (χ0n) is 10.7. The summed E-state index contributed by atoms with van der Waals surface area (Å²) in [5.41, 5.74) is 6.36. The van der Waals surface area contributed by atoms with E-state index in [-0.39, 0.29) is 0 Å². The van der Waals surface area contributed by atoms with E-state index in [1.807, 2.05) is 0 Å². The summed E-state index contributed by atoms with van der Waals surface area (Å²) in [7, 11) is 2.20. The Morgan fingerprint density at radius 1 is 1.24 bits per heavy atom. The van der Waals surface area contributed by atoms with Crippen LogP contribution in [0.4, 0.5) is 5.69 Å². The van der Waals surface area contributed by atoms with Gasteiger partial charge in [0.05, 0.1) is 0 Å². The molecule has 1 saturated heterocycles. The molecule has 17 heavy (non-hydrogen) atoms. The summed E-state index contributed by atoms with van der Waals surface area (Å²) in [6.07, 6.45) is 2.42. The lowest BCUT2D eigenvalue weighted by Gasteiger charge is -2.27. The number of rotatable bonds is 4. The molecule has 1 aromatic carbocycles. The Morgan fingerprint density at radius 2 is 1.88 bits per heavy atom. The number of hydrogen-bond acceptors (Lipinski definition) is 2. The highest BCUT2D eigenvalue weighted by molar-refractivity contribution is 5.31. The minimum atomic E-state index is 0.806. The second-order valence-electron chi connectivity index (χ2n) is 5.07. The van der Waals surface area contributed by atoms with Crippen molar-refractivity contribution < 1.29 is 10.5 Å². The van der Waals surface area contributed by atoms with Crippen LogP contribution in [-0.2, 0) is 11.3 Å². The van der Waals surface area contributed by atoms with Gasteiger partial charge < -0.3 is 15.4 Å². The molecule has 0 radical (unpaired) electrons. The Morgan fingerprint density at radius 3 is 2.53 bits per heavy atom. The van der Waals surface area contributed by atoms with Gasteiger partial charge in [0.15, 0.2) is 0 Å². The highest BCUT2D eigenvalue weighted by Crippen LogP contribution is 2.16. The lowest BCUT2D eigenvalue weighted by molar-refractivity contribution is -0.254. The van der Waals surface area contributed by atoms with Gasteiger partial charge in [-0.3, -0.25) is 0 Å². The molecule has 1 heterocycles. The molecule has 1 aliphatic heterocycles. The number of ether oxygens (including phenoxy) is 1. The molecule has 1 aromatic rings. The van der Waals surface area contributed by atoms with Crippen LogP contribution in [0.3, 0.4) is 0 Å². The van der Waals surface area contributed by atoms with Crippen LogP contribution in [0, 0.1) is 5.92 Å². The van der Waals surface area contributed by atoms with E-state index in [0.29, 0.717) is 0 Å². The van der Waals surface area contributed by atoms with Crippen molar-refractivity contribution in [3.8, 4) is 0 Å². The molecule has 3 heteroatoms. The number of nitrogens with zero attached hydrogens (tertiary/aromatic N) is 1. The van der Waals surface area contributed by atoms with Gasteiger partial charge in [0.1, 0.15) is 5.69 Å². The Labute approximate surface area is 104 Å². The van der Waals surface area contributed by atoms with Crippen molar-refractivity contribution in [1.82, 2.24) is 4.90 Å². The summed E-state index contributed by atoms with van der Waals surface area (Å²) >= 11 is 0. The van der Waals surface area contributed by atoms with Gasteiger partial charge in [-0.2, -0.15) is 0 Å². The fraction of sp³-hybridized carbons (Fsp3) is 0.571. The van der Waals surface area contributed by atoms with E-state index in [9.17, 15) is 0 Å². The van der Waals surface area contributed by atoms with Gasteiger partial charge >= 0.3 is 0 Å². The van der Waals surface area contributed by atoms with Crippen LogP contribution < -0.4 is 5.73 Å². The largest absolute Gasteiger partial charge is 0.381 e. The average Bonchev–Trinajstić information content (AvgIpc) is 2.33. The summed E-state index contributed by atoms with van der Waals surface area (Å²) in [5, 5.41) is 0. The van der Waals surface area contributed by atoms with Gasteiger partial charge in [-0.25, -0.2) is 0 Å².